The highest BCUT2D eigenvalue weighted by molar-refractivity contribution is 5.86. The number of hydrogen-bond acceptors (Lipinski definition) is 4. The monoisotopic (exact) mass is 268 g/mol. The van der Waals surface area contributed by atoms with Crippen LogP contribution < -0.4 is 0 Å². The largest absolute Gasteiger partial charge is 0.481 e. The molecule has 0 aliphatic carbocycles. The van der Waals surface area contributed by atoms with Crippen LogP contribution in [0.3, 0.4) is 0 Å². The zero-order valence-electron chi connectivity index (χ0n) is 11.1. The normalized spacial score (nSPS) is 38.7. The van der Waals surface area contributed by atoms with Crippen molar-refractivity contribution in [2.75, 3.05) is 33.2 Å². The summed E-state index contributed by atoms with van der Waals surface area (Å²) in [6.07, 6.45) is 1.15. The summed E-state index contributed by atoms with van der Waals surface area (Å²) in [6, 6.07) is 0. The van der Waals surface area contributed by atoms with Crippen molar-refractivity contribution < 1.29 is 19.4 Å². The van der Waals surface area contributed by atoms with Gasteiger partial charge in [-0.15, -0.1) is 0 Å². The maximum absolute atomic E-state index is 12.6. The van der Waals surface area contributed by atoms with Crippen LogP contribution in [0.25, 0.3) is 0 Å². The molecule has 0 aromatic rings. The lowest BCUT2D eigenvalue weighted by Crippen LogP contribution is -2.52. The summed E-state index contributed by atoms with van der Waals surface area (Å²) in [7, 11) is 2.03. The smallest absolute Gasteiger partial charge is 0.310 e. The fourth-order valence-electron chi connectivity index (χ4n) is 3.54. The van der Waals surface area contributed by atoms with Crippen LogP contribution >= 0.6 is 0 Å². The van der Waals surface area contributed by atoms with Gasteiger partial charge in [0, 0.05) is 26.2 Å². The highest BCUT2D eigenvalue weighted by Crippen LogP contribution is 2.44. The Balaban J connectivity index is 1.73. The van der Waals surface area contributed by atoms with E-state index in [9.17, 15) is 14.7 Å². The fraction of sp³-hybridized carbons (Fsp3) is 0.846. The highest BCUT2D eigenvalue weighted by atomic mass is 16.5. The van der Waals surface area contributed by atoms with E-state index >= 15 is 0 Å². The van der Waals surface area contributed by atoms with E-state index < -0.39 is 17.8 Å². The molecular formula is C13H20N2O4. The third-order valence-electron chi connectivity index (χ3n) is 4.66. The van der Waals surface area contributed by atoms with Crippen LogP contribution in [0.15, 0.2) is 0 Å². The number of carboxylic acids is 1. The van der Waals surface area contributed by atoms with E-state index in [1.807, 2.05) is 11.9 Å². The zero-order valence-corrected chi connectivity index (χ0v) is 11.1. The van der Waals surface area contributed by atoms with Crippen LogP contribution in [0.4, 0.5) is 0 Å². The van der Waals surface area contributed by atoms with Crippen LogP contribution in [0.5, 0.6) is 0 Å². The van der Waals surface area contributed by atoms with Gasteiger partial charge in [0.2, 0.25) is 5.91 Å². The Hall–Kier alpha value is -1.14. The van der Waals surface area contributed by atoms with Crippen molar-refractivity contribution in [1.82, 2.24) is 9.80 Å². The Kier molecular flexibility index (Phi) is 3.22. The summed E-state index contributed by atoms with van der Waals surface area (Å²) in [6.45, 7) is 3.08. The van der Waals surface area contributed by atoms with Gasteiger partial charge in [0.25, 0.3) is 0 Å². The summed E-state index contributed by atoms with van der Waals surface area (Å²) in [4.78, 5) is 27.9. The minimum atomic E-state index is -0.889. The van der Waals surface area contributed by atoms with E-state index in [1.54, 1.807) is 0 Å². The van der Waals surface area contributed by atoms with Gasteiger partial charge in [0.15, 0.2) is 0 Å². The van der Waals surface area contributed by atoms with E-state index in [2.05, 4.69) is 4.90 Å². The van der Waals surface area contributed by atoms with Gasteiger partial charge in [-0.25, -0.2) is 0 Å². The second kappa shape index (κ2) is 4.76. The number of amides is 1. The van der Waals surface area contributed by atoms with Crippen LogP contribution in [0, 0.1) is 11.8 Å². The average Bonchev–Trinajstić information content (AvgIpc) is 2.98. The first-order valence-corrected chi connectivity index (χ1v) is 6.93. The molecule has 3 aliphatic rings. The number of aliphatic carboxylic acids is 1. The number of rotatable bonds is 2. The van der Waals surface area contributed by atoms with Gasteiger partial charge < -0.3 is 19.6 Å². The molecule has 0 aromatic heterocycles. The molecule has 0 saturated carbocycles. The van der Waals surface area contributed by atoms with Crippen molar-refractivity contribution in [3.8, 4) is 0 Å². The Morgan fingerprint density at radius 3 is 2.21 bits per heavy atom. The molecule has 19 heavy (non-hydrogen) atoms. The second-order valence-electron chi connectivity index (χ2n) is 5.81. The lowest BCUT2D eigenvalue weighted by atomic mass is 9.78. The first-order chi connectivity index (χ1) is 9.08. The predicted molar refractivity (Wildman–Crippen MR) is 66.6 cm³/mol. The lowest BCUT2D eigenvalue weighted by Gasteiger charge is -2.36. The molecule has 3 saturated heterocycles. The average molecular weight is 268 g/mol. The fourth-order valence-corrected chi connectivity index (χ4v) is 3.54. The topological polar surface area (TPSA) is 70.1 Å². The molecule has 1 amide bonds. The molecule has 0 spiro atoms. The van der Waals surface area contributed by atoms with Gasteiger partial charge >= 0.3 is 5.97 Å². The highest BCUT2D eigenvalue weighted by Gasteiger charge is 2.56. The van der Waals surface area contributed by atoms with Crippen molar-refractivity contribution in [3.05, 3.63) is 0 Å². The molecule has 3 heterocycles. The van der Waals surface area contributed by atoms with Crippen LogP contribution in [-0.4, -0.2) is 72.2 Å². The third-order valence-corrected chi connectivity index (χ3v) is 4.66. The van der Waals surface area contributed by atoms with Gasteiger partial charge in [0.1, 0.15) is 0 Å². The van der Waals surface area contributed by atoms with Crippen molar-refractivity contribution in [3.63, 3.8) is 0 Å². The minimum absolute atomic E-state index is 0.0206. The van der Waals surface area contributed by atoms with Gasteiger partial charge in [-0.3, -0.25) is 9.59 Å². The number of likely N-dealkylation sites (N-methyl/N-ethyl adjacent to an activating group) is 1. The molecule has 1 unspecified atom stereocenters. The molecule has 106 valence electrons. The van der Waals surface area contributed by atoms with Crippen molar-refractivity contribution >= 4 is 11.9 Å². The van der Waals surface area contributed by atoms with E-state index in [0.29, 0.717) is 13.1 Å². The number of carboxylic acid groups (broad SMARTS) is 1. The van der Waals surface area contributed by atoms with E-state index in [0.717, 1.165) is 25.9 Å². The van der Waals surface area contributed by atoms with Crippen LogP contribution in [0.1, 0.15) is 12.8 Å². The number of carbonyl (C=O) groups is 2. The summed E-state index contributed by atoms with van der Waals surface area (Å²) in [5.74, 6) is -2.03. The van der Waals surface area contributed by atoms with E-state index in [1.165, 1.54) is 0 Å². The molecule has 6 nitrogen and oxygen atoms in total. The third kappa shape index (κ3) is 2.12. The Morgan fingerprint density at radius 2 is 1.63 bits per heavy atom. The molecular weight excluding hydrogens is 248 g/mol. The number of hydrogen-bond donors (Lipinski definition) is 1. The number of carbonyl (C=O) groups excluding carboxylic acids is 1. The first kappa shape index (κ1) is 12.9. The van der Waals surface area contributed by atoms with Gasteiger partial charge in [-0.05, 0) is 19.9 Å². The molecule has 0 aromatic carbocycles. The Labute approximate surface area is 112 Å². The molecule has 1 N–H and O–H groups in total. The number of nitrogens with zero attached hydrogens (tertiary/aromatic N) is 2. The molecule has 3 rings (SSSR count). The van der Waals surface area contributed by atoms with Crippen LogP contribution in [-0.2, 0) is 14.3 Å². The lowest BCUT2D eigenvalue weighted by molar-refractivity contribution is -0.151. The molecule has 4 atom stereocenters. The van der Waals surface area contributed by atoms with Crippen molar-refractivity contribution in [1.29, 1.82) is 0 Å². The molecule has 3 aliphatic heterocycles. The van der Waals surface area contributed by atoms with Gasteiger partial charge in [0.05, 0.1) is 24.0 Å². The number of ether oxygens (including phenoxy) is 1. The summed E-state index contributed by atoms with van der Waals surface area (Å²) >= 11 is 0. The molecule has 3 fully saturated rings. The zero-order chi connectivity index (χ0) is 13.6. The van der Waals surface area contributed by atoms with Crippen molar-refractivity contribution in [2.24, 2.45) is 11.8 Å². The first-order valence-electron chi connectivity index (χ1n) is 6.93. The van der Waals surface area contributed by atoms with Gasteiger partial charge in [-0.2, -0.15) is 0 Å². The quantitative estimate of drug-likeness (QED) is 0.740. The standard InChI is InChI=1S/C13H20N2O4/c1-14-4-6-15(7-5-14)12(16)10-8-2-3-9(19-8)11(10)13(17)18/h8-11H,2-7H2,1H3,(H,17,18)/t8-,9+,10?,11+/m0/s1. The Bertz CT molecular complexity index is 392. The second-order valence-corrected chi connectivity index (χ2v) is 5.81. The summed E-state index contributed by atoms with van der Waals surface area (Å²) in [5.41, 5.74) is 0. The Morgan fingerprint density at radius 1 is 1.05 bits per heavy atom. The summed E-state index contributed by atoms with van der Waals surface area (Å²) < 4.78 is 5.65. The number of fused-ring (bicyclic) bond motifs is 2. The summed E-state index contributed by atoms with van der Waals surface area (Å²) in [5, 5.41) is 9.34. The van der Waals surface area contributed by atoms with Crippen molar-refractivity contribution in [2.45, 2.75) is 25.0 Å². The van der Waals surface area contributed by atoms with Crippen LogP contribution in [0.2, 0.25) is 0 Å². The maximum Gasteiger partial charge on any atom is 0.310 e. The number of piperazine rings is 1. The molecule has 6 heteroatoms. The minimum Gasteiger partial charge on any atom is -0.481 e. The predicted octanol–water partition coefficient (Wildman–Crippen LogP) is -0.361. The SMILES string of the molecule is CN1CCN(C(=O)C2[C@@H]3CC[C@@H](O3)[C@H]2C(=O)O)CC1. The molecule has 0 radical (unpaired) electrons. The van der Waals surface area contributed by atoms with E-state index in [4.69, 9.17) is 4.74 Å². The maximum atomic E-state index is 12.6. The molecule has 2 bridgehead atoms. The van der Waals surface area contributed by atoms with E-state index in [-0.39, 0.29) is 18.1 Å². The van der Waals surface area contributed by atoms with Gasteiger partial charge in [-0.1, -0.05) is 0 Å².